The molecular formula is C23H17ClN4O5S3. The van der Waals surface area contributed by atoms with Gasteiger partial charge in [0.2, 0.25) is 10.0 Å². The molecule has 1 amide bonds. The first kappa shape index (κ1) is 25.6. The number of nitrogens with one attached hydrogen (secondary N) is 1. The Morgan fingerprint density at radius 2 is 1.75 bits per heavy atom. The van der Waals surface area contributed by atoms with Gasteiger partial charge in [0.15, 0.2) is 4.80 Å². The minimum atomic E-state index is -3.92. The van der Waals surface area contributed by atoms with Crippen LogP contribution in [0.25, 0.3) is 10.2 Å². The summed E-state index contributed by atoms with van der Waals surface area (Å²) in [5.74, 6) is 1.84. The molecule has 184 valence electrons. The Labute approximate surface area is 216 Å². The number of fused-ring (bicyclic) bond motifs is 1. The molecule has 13 heteroatoms. The van der Waals surface area contributed by atoms with E-state index in [9.17, 15) is 21.6 Å². The van der Waals surface area contributed by atoms with Crippen LogP contribution in [0.2, 0.25) is 5.02 Å². The minimum absolute atomic E-state index is 0.00721. The third-order valence-electron chi connectivity index (χ3n) is 4.92. The fraction of sp³-hybridized carbons (Fsp3) is 0.0435. The molecule has 0 aliphatic carbocycles. The Hall–Kier alpha value is -3.47. The SMILES string of the molecule is C#CCn1c(=NC(=O)c2cccc(NS(=O)(=O)c3ccc(Cl)cc3)c2)sc2cc(S(N)(=O)=O)ccc21. The highest BCUT2D eigenvalue weighted by Crippen LogP contribution is 2.22. The molecule has 0 aliphatic heterocycles. The molecule has 9 nitrogen and oxygen atoms in total. The van der Waals surface area contributed by atoms with Gasteiger partial charge in [-0.25, -0.2) is 22.0 Å². The number of primary sulfonamides is 1. The highest BCUT2D eigenvalue weighted by molar-refractivity contribution is 7.92. The number of rotatable bonds is 6. The van der Waals surface area contributed by atoms with Gasteiger partial charge in [-0.15, -0.1) is 6.42 Å². The van der Waals surface area contributed by atoms with E-state index < -0.39 is 26.0 Å². The van der Waals surface area contributed by atoms with Gasteiger partial charge in [-0.2, -0.15) is 4.99 Å². The van der Waals surface area contributed by atoms with E-state index in [-0.39, 0.29) is 32.4 Å². The van der Waals surface area contributed by atoms with Gasteiger partial charge in [-0.05, 0) is 60.7 Å². The molecule has 0 fully saturated rings. The molecule has 0 saturated carbocycles. The summed E-state index contributed by atoms with van der Waals surface area (Å²) >= 11 is 6.89. The van der Waals surface area contributed by atoms with Gasteiger partial charge in [-0.1, -0.05) is 34.9 Å². The summed E-state index contributed by atoms with van der Waals surface area (Å²) < 4.78 is 53.3. The monoisotopic (exact) mass is 560 g/mol. The van der Waals surface area contributed by atoms with Crippen LogP contribution in [0.15, 0.2) is 81.5 Å². The third-order valence-corrected chi connectivity index (χ3v) is 8.52. The normalized spacial score (nSPS) is 12.4. The summed E-state index contributed by atoms with van der Waals surface area (Å²) in [6, 6.07) is 15.8. The number of halogens is 1. The molecule has 36 heavy (non-hydrogen) atoms. The predicted octanol–water partition coefficient (Wildman–Crippen LogP) is 3.18. The van der Waals surface area contributed by atoms with Crippen LogP contribution in [0.4, 0.5) is 5.69 Å². The largest absolute Gasteiger partial charge is 0.305 e. The quantitative estimate of drug-likeness (QED) is 0.348. The van der Waals surface area contributed by atoms with Crippen LogP contribution in [0.3, 0.4) is 0 Å². The predicted molar refractivity (Wildman–Crippen MR) is 139 cm³/mol. The Balaban J connectivity index is 1.70. The molecule has 0 saturated heterocycles. The summed E-state index contributed by atoms with van der Waals surface area (Å²) in [6.07, 6.45) is 5.47. The number of aromatic nitrogens is 1. The molecule has 0 unspecified atom stereocenters. The number of carbonyl (C=O) groups excluding carboxylic acids is 1. The van der Waals surface area contributed by atoms with Gasteiger partial charge in [0.1, 0.15) is 0 Å². The fourth-order valence-corrected chi connectivity index (χ4v) is 6.11. The topological polar surface area (TPSA) is 141 Å². The zero-order valence-corrected chi connectivity index (χ0v) is 21.5. The van der Waals surface area contributed by atoms with Crippen molar-refractivity contribution in [2.75, 3.05) is 4.72 Å². The van der Waals surface area contributed by atoms with Gasteiger partial charge < -0.3 is 4.57 Å². The van der Waals surface area contributed by atoms with E-state index in [1.54, 1.807) is 10.6 Å². The van der Waals surface area contributed by atoms with Crippen LogP contribution in [0.5, 0.6) is 0 Å². The zero-order chi connectivity index (χ0) is 26.1. The maximum Gasteiger partial charge on any atom is 0.279 e. The third kappa shape index (κ3) is 5.51. The smallest absolute Gasteiger partial charge is 0.279 e. The van der Waals surface area contributed by atoms with Crippen LogP contribution in [-0.4, -0.2) is 27.3 Å². The number of anilines is 1. The van der Waals surface area contributed by atoms with Crippen molar-refractivity contribution in [1.29, 1.82) is 0 Å². The molecule has 1 aromatic heterocycles. The van der Waals surface area contributed by atoms with Crippen molar-refractivity contribution in [2.24, 2.45) is 10.1 Å². The molecule has 4 rings (SSSR count). The van der Waals surface area contributed by atoms with Crippen molar-refractivity contribution in [1.82, 2.24) is 4.57 Å². The number of hydrogen-bond acceptors (Lipinski definition) is 6. The maximum absolute atomic E-state index is 13.0. The van der Waals surface area contributed by atoms with Crippen LogP contribution in [0.1, 0.15) is 10.4 Å². The first-order chi connectivity index (χ1) is 17.0. The number of carbonyl (C=O) groups is 1. The minimum Gasteiger partial charge on any atom is -0.305 e. The number of amides is 1. The van der Waals surface area contributed by atoms with Crippen LogP contribution >= 0.6 is 22.9 Å². The number of nitrogens with zero attached hydrogens (tertiary/aromatic N) is 2. The van der Waals surface area contributed by atoms with Crippen LogP contribution < -0.4 is 14.7 Å². The van der Waals surface area contributed by atoms with Crippen molar-refractivity contribution in [3.8, 4) is 12.3 Å². The molecule has 0 radical (unpaired) electrons. The van der Waals surface area contributed by atoms with E-state index in [1.165, 1.54) is 60.7 Å². The van der Waals surface area contributed by atoms with Gasteiger partial charge in [0.25, 0.3) is 15.9 Å². The molecule has 0 aliphatic rings. The highest BCUT2D eigenvalue weighted by atomic mass is 35.5. The average Bonchev–Trinajstić information content (AvgIpc) is 3.15. The van der Waals surface area contributed by atoms with E-state index in [1.807, 2.05) is 0 Å². The number of hydrogen-bond donors (Lipinski definition) is 2. The van der Waals surface area contributed by atoms with E-state index in [0.29, 0.717) is 15.2 Å². The van der Waals surface area contributed by atoms with Crippen molar-refractivity contribution in [2.45, 2.75) is 16.3 Å². The maximum atomic E-state index is 13.0. The van der Waals surface area contributed by atoms with E-state index in [4.69, 9.17) is 23.2 Å². The van der Waals surface area contributed by atoms with Crippen LogP contribution in [0, 0.1) is 12.3 Å². The zero-order valence-electron chi connectivity index (χ0n) is 18.3. The number of benzene rings is 3. The van der Waals surface area contributed by atoms with Crippen LogP contribution in [-0.2, 0) is 26.6 Å². The first-order valence-corrected chi connectivity index (χ1v) is 14.3. The number of nitrogens with two attached hydrogens (primary N) is 1. The molecule has 3 aromatic carbocycles. The lowest BCUT2D eigenvalue weighted by Gasteiger charge is -2.09. The van der Waals surface area contributed by atoms with Crippen molar-refractivity contribution in [3.05, 3.63) is 82.1 Å². The van der Waals surface area contributed by atoms with E-state index in [2.05, 4.69) is 15.6 Å². The molecule has 4 aromatic rings. The molecule has 0 atom stereocenters. The molecule has 0 bridgehead atoms. The lowest BCUT2D eigenvalue weighted by Crippen LogP contribution is -2.17. The first-order valence-electron chi connectivity index (χ1n) is 10.0. The van der Waals surface area contributed by atoms with Gasteiger partial charge in [0.05, 0.1) is 26.6 Å². The van der Waals surface area contributed by atoms with E-state index >= 15 is 0 Å². The standard InChI is InChI=1S/C23H17ClN4O5S3/c1-2-12-28-20-11-10-19(35(25,30)31)14-21(20)34-23(28)26-22(29)15-4-3-5-17(13-15)27-36(32,33)18-8-6-16(24)7-9-18/h1,3-11,13-14,27H,12H2,(H2,25,30,31). The molecule has 1 heterocycles. The Bertz CT molecular complexity index is 1820. The second-order valence-electron chi connectivity index (χ2n) is 7.41. The Morgan fingerprint density at radius 1 is 1.06 bits per heavy atom. The van der Waals surface area contributed by atoms with Gasteiger partial charge in [-0.3, -0.25) is 9.52 Å². The summed E-state index contributed by atoms with van der Waals surface area (Å²) in [5.41, 5.74) is 0.874. The highest BCUT2D eigenvalue weighted by Gasteiger charge is 2.16. The second-order valence-corrected chi connectivity index (χ2v) is 12.1. The fourth-order valence-electron chi connectivity index (χ4n) is 3.25. The van der Waals surface area contributed by atoms with Gasteiger partial charge >= 0.3 is 0 Å². The summed E-state index contributed by atoms with van der Waals surface area (Å²) in [6.45, 7) is 0.0851. The summed E-state index contributed by atoms with van der Waals surface area (Å²) in [7, 11) is -7.83. The number of terminal acetylenes is 1. The van der Waals surface area contributed by atoms with Gasteiger partial charge in [0, 0.05) is 16.3 Å². The summed E-state index contributed by atoms with van der Waals surface area (Å²) in [4.78, 5) is 17.3. The van der Waals surface area contributed by atoms with E-state index in [0.717, 1.165) is 11.3 Å². The Kier molecular flexibility index (Phi) is 7.03. The lowest BCUT2D eigenvalue weighted by atomic mass is 10.2. The number of thiazole rings is 1. The molecule has 0 spiro atoms. The summed E-state index contributed by atoms with van der Waals surface area (Å²) in [5, 5.41) is 5.61. The lowest BCUT2D eigenvalue weighted by molar-refractivity contribution is 0.0998. The van der Waals surface area contributed by atoms with Crippen molar-refractivity contribution < 1.29 is 21.6 Å². The van der Waals surface area contributed by atoms with Crippen molar-refractivity contribution >= 4 is 64.8 Å². The average molecular weight is 561 g/mol. The second kappa shape index (κ2) is 9.88. The number of sulfonamides is 2. The molecular weight excluding hydrogens is 544 g/mol. The van der Waals surface area contributed by atoms with Crippen molar-refractivity contribution in [3.63, 3.8) is 0 Å². The molecule has 3 N–H and O–H groups in total. The Morgan fingerprint density at radius 3 is 2.42 bits per heavy atom.